The fourth-order valence-corrected chi connectivity index (χ4v) is 3.58. The molecule has 144 valence electrons. The van der Waals surface area contributed by atoms with Gasteiger partial charge in [0.25, 0.3) is 10.0 Å². The predicted molar refractivity (Wildman–Crippen MR) is 109 cm³/mol. The molecule has 28 heavy (non-hydrogen) atoms. The molecule has 1 heterocycles. The van der Waals surface area contributed by atoms with E-state index in [0.717, 1.165) is 5.56 Å². The number of rotatable bonds is 6. The Morgan fingerprint density at radius 3 is 2.46 bits per heavy atom. The largest absolute Gasteiger partial charge is 0.334 e. The molecule has 3 aromatic rings. The lowest BCUT2D eigenvalue weighted by molar-refractivity contribution is 0.251. The maximum atomic E-state index is 12.4. The van der Waals surface area contributed by atoms with Crippen LogP contribution in [0.2, 0.25) is 5.02 Å². The minimum Gasteiger partial charge on any atom is -0.334 e. The summed E-state index contributed by atoms with van der Waals surface area (Å²) >= 11 is 5.87. The van der Waals surface area contributed by atoms with E-state index >= 15 is 0 Å². The van der Waals surface area contributed by atoms with E-state index in [1.807, 2.05) is 6.07 Å². The average Bonchev–Trinajstić information content (AvgIpc) is 2.67. The lowest BCUT2D eigenvalue weighted by Gasteiger charge is -2.10. The van der Waals surface area contributed by atoms with Gasteiger partial charge < -0.3 is 10.6 Å². The van der Waals surface area contributed by atoms with Crippen LogP contribution in [0.15, 0.2) is 78.0 Å². The van der Waals surface area contributed by atoms with Crippen molar-refractivity contribution in [2.75, 3.05) is 10.0 Å². The molecule has 0 unspecified atom stereocenters. The molecule has 2 aromatic carbocycles. The van der Waals surface area contributed by atoms with Crippen molar-refractivity contribution in [2.24, 2.45) is 0 Å². The second kappa shape index (κ2) is 8.73. The second-order valence-corrected chi connectivity index (χ2v) is 7.93. The van der Waals surface area contributed by atoms with E-state index in [-0.39, 0.29) is 4.90 Å². The number of anilines is 2. The Morgan fingerprint density at radius 2 is 1.79 bits per heavy atom. The minimum atomic E-state index is -3.77. The maximum absolute atomic E-state index is 12.4. The molecule has 0 spiro atoms. The second-order valence-electron chi connectivity index (χ2n) is 5.81. The van der Waals surface area contributed by atoms with Crippen molar-refractivity contribution in [3.8, 4) is 0 Å². The molecule has 0 atom stereocenters. The summed E-state index contributed by atoms with van der Waals surface area (Å²) in [6.45, 7) is 0.329. The van der Waals surface area contributed by atoms with Gasteiger partial charge in [0.15, 0.2) is 0 Å². The number of aromatic nitrogens is 1. The fraction of sp³-hybridized carbons (Fsp3) is 0.0526. The number of hydrogen-bond acceptors (Lipinski definition) is 4. The zero-order valence-corrected chi connectivity index (χ0v) is 16.2. The first-order valence-electron chi connectivity index (χ1n) is 8.24. The van der Waals surface area contributed by atoms with Gasteiger partial charge in [-0.3, -0.25) is 9.71 Å². The Hall–Kier alpha value is -3.10. The maximum Gasteiger partial charge on any atom is 0.319 e. The minimum absolute atomic E-state index is 0.0637. The molecule has 0 bridgehead atoms. The number of halogens is 1. The van der Waals surface area contributed by atoms with Crippen LogP contribution in [-0.4, -0.2) is 19.4 Å². The zero-order chi connectivity index (χ0) is 20.0. The van der Waals surface area contributed by atoms with Gasteiger partial charge >= 0.3 is 6.03 Å². The Morgan fingerprint density at radius 1 is 1.00 bits per heavy atom. The van der Waals surface area contributed by atoms with Crippen molar-refractivity contribution in [1.82, 2.24) is 10.3 Å². The fourth-order valence-electron chi connectivity index (χ4n) is 2.34. The highest BCUT2D eigenvalue weighted by Crippen LogP contribution is 2.20. The number of nitrogens with one attached hydrogen (secondary N) is 3. The molecule has 0 aliphatic heterocycles. The van der Waals surface area contributed by atoms with Crippen LogP contribution in [0.1, 0.15) is 5.56 Å². The Bertz CT molecular complexity index is 1060. The van der Waals surface area contributed by atoms with Gasteiger partial charge in [-0.25, -0.2) is 13.2 Å². The summed E-state index contributed by atoms with van der Waals surface area (Å²) in [7, 11) is -3.77. The Kier molecular flexibility index (Phi) is 6.13. The van der Waals surface area contributed by atoms with Crippen molar-refractivity contribution in [3.05, 3.63) is 83.6 Å². The molecular weight excluding hydrogens is 400 g/mol. The summed E-state index contributed by atoms with van der Waals surface area (Å²) in [6, 6.07) is 15.5. The van der Waals surface area contributed by atoms with Gasteiger partial charge in [0.2, 0.25) is 0 Å². The number of carbonyl (C=O) groups excluding carboxylic acids is 1. The van der Waals surface area contributed by atoms with E-state index in [1.54, 1.807) is 36.7 Å². The number of nitrogens with zero attached hydrogens (tertiary/aromatic N) is 1. The Labute approximate surface area is 167 Å². The number of amides is 2. The first-order chi connectivity index (χ1) is 13.4. The van der Waals surface area contributed by atoms with Gasteiger partial charge in [0.1, 0.15) is 0 Å². The van der Waals surface area contributed by atoms with Crippen molar-refractivity contribution in [3.63, 3.8) is 0 Å². The summed E-state index contributed by atoms with van der Waals surface area (Å²) in [5, 5.41) is 5.77. The number of carbonyl (C=O) groups is 1. The average molecular weight is 417 g/mol. The molecule has 0 fully saturated rings. The van der Waals surface area contributed by atoms with Crippen molar-refractivity contribution < 1.29 is 13.2 Å². The zero-order valence-electron chi connectivity index (χ0n) is 14.6. The molecule has 3 N–H and O–H groups in total. The molecule has 0 saturated heterocycles. The van der Waals surface area contributed by atoms with Gasteiger partial charge in [0, 0.05) is 29.6 Å². The smallest absolute Gasteiger partial charge is 0.319 e. The van der Waals surface area contributed by atoms with Gasteiger partial charge in [-0.05, 0) is 54.1 Å². The molecule has 2 amide bonds. The standard InChI is InChI=1S/C19H17ClN4O3S/c20-15-4-1-5-17(11-15)24-28(26,27)18-8-6-16(7-9-18)23-19(25)22-13-14-3-2-10-21-12-14/h1-12,24H,13H2,(H2,22,23,25). The number of benzene rings is 2. The van der Waals surface area contributed by atoms with Crippen LogP contribution in [0.25, 0.3) is 0 Å². The van der Waals surface area contributed by atoms with Gasteiger partial charge in [-0.1, -0.05) is 23.7 Å². The first-order valence-corrected chi connectivity index (χ1v) is 10.1. The molecule has 9 heteroatoms. The van der Waals surface area contributed by atoms with Crippen molar-refractivity contribution in [1.29, 1.82) is 0 Å². The topological polar surface area (TPSA) is 100 Å². The highest BCUT2D eigenvalue weighted by atomic mass is 35.5. The molecule has 0 saturated carbocycles. The van der Waals surface area contributed by atoms with Crippen LogP contribution in [0.3, 0.4) is 0 Å². The lowest BCUT2D eigenvalue weighted by atomic mass is 10.3. The SMILES string of the molecule is O=C(NCc1cccnc1)Nc1ccc(S(=O)(=O)Nc2cccc(Cl)c2)cc1. The monoisotopic (exact) mass is 416 g/mol. The molecule has 7 nitrogen and oxygen atoms in total. The van der Waals surface area contributed by atoms with Crippen molar-refractivity contribution in [2.45, 2.75) is 11.4 Å². The van der Waals surface area contributed by atoms with Crippen molar-refractivity contribution >= 4 is 39.0 Å². The highest BCUT2D eigenvalue weighted by molar-refractivity contribution is 7.92. The third kappa shape index (κ3) is 5.45. The van der Waals surface area contributed by atoms with Gasteiger partial charge in [0.05, 0.1) is 10.6 Å². The van der Waals surface area contributed by atoms with Crippen LogP contribution in [0, 0.1) is 0 Å². The number of urea groups is 1. The van der Waals surface area contributed by atoms with Crippen LogP contribution in [0.4, 0.5) is 16.2 Å². The normalized spacial score (nSPS) is 10.9. The summed E-state index contributed by atoms with van der Waals surface area (Å²) in [5.41, 5.74) is 1.70. The number of pyridine rings is 1. The van der Waals surface area contributed by atoms with Gasteiger partial charge in [-0.2, -0.15) is 0 Å². The Balaban J connectivity index is 1.60. The quantitative estimate of drug-likeness (QED) is 0.568. The highest BCUT2D eigenvalue weighted by Gasteiger charge is 2.14. The van der Waals surface area contributed by atoms with E-state index in [1.165, 1.54) is 30.3 Å². The van der Waals surface area contributed by atoms with Crippen LogP contribution >= 0.6 is 11.6 Å². The summed E-state index contributed by atoms with van der Waals surface area (Å²) in [5.74, 6) is 0. The lowest BCUT2D eigenvalue weighted by Crippen LogP contribution is -2.28. The molecule has 0 radical (unpaired) electrons. The van der Waals surface area contributed by atoms with E-state index in [4.69, 9.17) is 11.6 Å². The summed E-state index contributed by atoms with van der Waals surface area (Å²) in [4.78, 5) is 16.0. The summed E-state index contributed by atoms with van der Waals surface area (Å²) in [6.07, 6.45) is 3.31. The van der Waals surface area contributed by atoms with E-state index in [2.05, 4.69) is 20.3 Å². The number of hydrogen-bond donors (Lipinski definition) is 3. The van der Waals surface area contributed by atoms with E-state index in [9.17, 15) is 13.2 Å². The van der Waals surface area contributed by atoms with E-state index in [0.29, 0.717) is 22.9 Å². The molecular formula is C19H17ClN4O3S. The molecule has 0 aliphatic rings. The third-order valence-corrected chi connectivity index (χ3v) is 5.31. The molecule has 0 aliphatic carbocycles. The molecule has 1 aromatic heterocycles. The predicted octanol–water partition coefficient (Wildman–Crippen LogP) is 3.86. The third-order valence-electron chi connectivity index (χ3n) is 3.68. The van der Waals surface area contributed by atoms with Crippen LogP contribution in [-0.2, 0) is 16.6 Å². The van der Waals surface area contributed by atoms with Crippen LogP contribution in [0.5, 0.6) is 0 Å². The number of sulfonamides is 1. The van der Waals surface area contributed by atoms with Crippen LogP contribution < -0.4 is 15.4 Å². The molecule has 3 rings (SSSR count). The van der Waals surface area contributed by atoms with Gasteiger partial charge in [-0.15, -0.1) is 0 Å². The summed E-state index contributed by atoms with van der Waals surface area (Å²) < 4.78 is 27.3. The van der Waals surface area contributed by atoms with E-state index < -0.39 is 16.1 Å². The first kappa shape index (κ1) is 19.7.